The number of benzene rings is 1. The Morgan fingerprint density at radius 1 is 0.476 bits per heavy atom. The van der Waals surface area contributed by atoms with E-state index in [4.69, 9.17) is 0 Å². The van der Waals surface area contributed by atoms with Crippen LogP contribution in [-0.2, 0) is 14.4 Å². The van der Waals surface area contributed by atoms with E-state index >= 15 is 0 Å². The molecule has 0 aliphatic heterocycles. The average Bonchev–Trinajstić information content (AvgIpc) is 2.83. The third-order valence-electron chi connectivity index (χ3n) is 6.75. The minimum atomic E-state index is -2.05. The quantitative estimate of drug-likeness (QED) is 0.163. The zero-order valence-electron chi connectivity index (χ0n) is 24.2. The summed E-state index contributed by atoms with van der Waals surface area (Å²) in [5, 5.41) is 63.5. The van der Waals surface area contributed by atoms with Gasteiger partial charge in [0.2, 0.25) is 0 Å². The Hall–Kier alpha value is -4.26. The molecule has 0 spiro atoms. The van der Waals surface area contributed by atoms with Crippen molar-refractivity contribution >= 4 is 35.3 Å². The topological polar surface area (TPSA) is 224 Å². The molecule has 0 bridgehead atoms. The third kappa shape index (κ3) is 6.78. The van der Waals surface area contributed by atoms with Gasteiger partial charge in [-0.3, -0.25) is 14.4 Å². The van der Waals surface area contributed by atoms with Crippen LogP contribution < -0.4 is 0 Å². The first kappa shape index (κ1) is 35.8. The van der Waals surface area contributed by atoms with Crippen LogP contribution in [0.5, 0.6) is 0 Å². The fraction of sp³-hybridized carbons (Fsp3) is 0.400. The summed E-state index contributed by atoms with van der Waals surface area (Å²) in [6.07, 6.45) is -5.43. The zero-order valence-corrected chi connectivity index (χ0v) is 24.2. The van der Waals surface area contributed by atoms with Crippen LogP contribution in [-0.4, -0.2) is 84.2 Å². The molecule has 0 amide bonds. The third-order valence-corrected chi connectivity index (χ3v) is 6.75. The lowest BCUT2D eigenvalue weighted by atomic mass is 9.68. The number of ketones is 3. The number of hydrogen-bond acceptors (Lipinski definition) is 9. The average molecular weight is 589 g/mol. The van der Waals surface area contributed by atoms with Crippen molar-refractivity contribution in [1.82, 2.24) is 0 Å². The zero-order chi connectivity index (χ0) is 33.1. The summed E-state index contributed by atoms with van der Waals surface area (Å²) in [6, 6.07) is 0. The SMILES string of the molecule is C=C(C)C(=O)C(c1c(C(=O)O)c(C(=O)O)c(C(C(=O)C(=C)C)C(C)O)c(C(C(=O)C(=C)C)C(C)O)c1C(=O)O)C(C)O. The van der Waals surface area contributed by atoms with Gasteiger partial charge in [-0.1, -0.05) is 19.7 Å². The number of aliphatic hydroxyl groups excluding tert-OH is 3. The molecule has 6 N–H and O–H groups in total. The smallest absolute Gasteiger partial charge is 0.336 e. The number of aromatic carboxylic acids is 3. The number of aliphatic hydroxyl groups is 3. The van der Waals surface area contributed by atoms with Crippen molar-refractivity contribution in [1.29, 1.82) is 0 Å². The van der Waals surface area contributed by atoms with E-state index in [2.05, 4.69) is 19.7 Å². The molecule has 1 rings (SSSR count). The summed E-state index contributed by atoms with van der Waals surface area (Å²) < 4.78 is 0. The Balaban J connectivity index is 5.15. The molecule has 0 aromatic heterocycles. The van der Waals surface area contributed by atoms with Crippen LogP contribution in [0.2, 0.25) is 0 Å². The summed E-state index contributed by atoms with van der Waals surface area (Å²) in [4.78, 5) is 78.8. The van der Waals surface area contributed by atoms with Gasteiger partial charge in [0.1, 0.15) is 0 Å². The molecule has 0 aliphatic rings. The van der Waals surface area contributed by atoms with Gasteiger partial charge in [-0.05, 0) is 75.0 Å². The van der Waals surface area contributed by atoms with Gasteiger partial charge >= 0.3 is 17.9 Å². The Morgan fingerprint density at radius 2 is 0.690 bits per heavy atom. The number of Topliss-reactive ketones (excluding diaryl/α,β-unsaturated/α-hetero) is 3. The van der Waals surface area contributed by atoms with Crippen molar-refractivity contribution in [2.24, 2.45) is 0 Å². The minimum absolute atomic E-state index is 0.228. The van der Waals surface area contributed by atoms with Crippen molar-refractivity contribution in [3.63, 3.8) is 0 Å². The highest BCUT2D eigenvalue weighted by atomic mass is 16.4. The van der Waals surface area contributed by atoms with E-state index in [-0.39, 0.29) is 16.7 Å². The number of carboxylic acid groups (broad SMARTS) is 3. The number of hydrogen-bond donors (Lipinski definition) is 6. The second-order valence-electron chi connectivity index (χ2n) is 10.4. The molecule has 6 atom stereocenters. The van der Waals surface area contributed by atoms with E-state index < -0.39 is 105 Å². The molecule has 1 aromatic rings. The minimum Gasteiger partial charge on any atom is -0.478 e. The first-order chi connectivity index (χ1) is 19.1. The van der Waals surface area contributed by atoms with Gasteiger partial charge in [-0.15, -0.1) is 0 Å². The number of carboxylic acids is 3. The molecule has 0 radical (unpaired) electrons. The van der Waals surface area contributed by atoms with Crippen LogP contribution >= 0.6 is 0 Å². The van der Waals surface area contributed by atoms with Crippen molar-refractivity contribution in [3.05, 3.63) is 69.8 Å². The summed E-state index contributed by atoms with van der Waals surface area (Å²) >= 11 is 0. The van der Waals surface area contributed by atoms with Crippen molar-refractivity contribution in [2.75, 3.05) is 0 Å². The predicted octanol–water partition coefficient (Wildman–Crippen LogP) is 2.61. The van der Waals surface area contributed by atoms with Crippen LogP contribution in [0.15, 0.2) is 36.5 Å². The molecule has 0 heterocycles. The molecule has 0 saturated heterocycles. The van der Waals surface area contributed by atoms with E-state index in [1.54, 1.807) is 0 Å². The van der Waals surface area contributed by atoms with Crippen molar-refractivity contribution in [3.8, 4) is 0 Å². The van der Waals surface area contributed by atoms with Gasteiger partial charge < -0.3 is 30.6 Å². The molecule has 1 aromatic carbocycles. The van der Waals surface area contributed by atoms with Crippen LogP contribution in [0.4, 0.5) is 0 Å². The highest BCUT2D eigenvalue weighted by molar-refractivity contribution is 6.14. The maximum Gasteiger partial charge on any atom is 0.336 e. The number of allylic oxidation sites excluding steroid dienone is 3. The lowest BCUT2D eigenvalue weighted by Crippen LogP contribution is -2.37. The summed E-state index contributed by atoms with van der Waals surface area (Å²) in [5.74, 6) is -15.1. The fourth-order valence-electron chi connectivity index (χ4n) is 5.01. The first-order valence-corrected chi connectivity index (χ1v) is 12.7. The number of rotatable bonds is 15. The number of carbonyl (C=O) groups excluding carboxylic acids is 3. The second kappa shape index (κ2) is 13.6. The van der Waals surface area contributed by atoms with Crippen LogP contribution in [0.1, 0.15) is 107 Å². The second-order valence-corrected chi connectivity index (χ2v) is 10.4. The molecular weight excluding hydrogens is 552 g/mol. The van der Waals surface area contributed by atoms with Gasteiger partial charge in [0.25, 0.3) is 0 Å². The summed E-state index contributed by atoms with van der Waals surface area (Å²) in [5.41, 5.74) is -7.02. The number of carbonyl (C=O) groups is 6. The molecule has 6 unspecified atom stereocenters. The van der Waals surface area contributed by atoms with Crippen LogP contribution in [0, 0.1) is 0 Å². The normalized spacial score (nSPS) is 15.4. The van der Waals surface area contributed by atoms with Gasteiger partial charge in [-0.25, -0.2) is 14.4 Å². The van der Waals surface area contributed by atoms with E-state index in [0.29, 0.717) is 0 Å². The Morgan fingerprint density at radius 3 is 0.905 bits per heavy atom. The van der Waals surface area contributed by atoms with Gasteiger partial charge in [0, 0.05) is 0 Å². The molecular formula is C30H36O12. The van der Waals surface area contributed by atoms with E-state index in [0.717, 1.165) is 20.8 Å². The van der Waals surface area contributed by atoms with Crippen molar-refractivity contribution < 1.29 is 59.4 Å². The molecule has 0 saturated carbocycles. The van der Waals surface area contributed by atoms with Crippen LogP contribution in [0.25, 0.3) is 0 Å². The van der Waals surface area contributed by atoms with Crippen LogP contribution in [0.3, 0.4) is 0 Å². The van der Waals surface area contributed by atoms with Gasteiger partial charge in [0.15, 0.2) is 17.3 Å². The molecule has 0 aliphatic carbocycles. The molecule has 42 heavy (non-hydrogen) atoms. The first-order valence-electron chi connectivity index (χ1n) is 12.7. The molecule has 228 valence electrons. The lowest BCUT2D eigenvalue weighted by Gasteiger charge is -2.34. The van der Waals surface area contributed by atoms with Crippen molar-refractivity contribution in [2.45, 2.75) is 77.6 Å². The largest absolute Gasteiger partial charge is 0.478 e. The van der Waals surface area contributed by atoms with Gasteiger partial charge in [0.05, 0.1) is 52.8 Å². The lowest BCUT2D eigenvalue weighted by molar-refractivity contribution is -0.120. The Kier molecular flexibility index (Phi) is 11.6. The maximum absolute atomic E-state index is 13.5. The predicted molar refractivity (Wildman–Crippen MR) is 150 cm³/mol. The highest BCUT2D eigenvalue weighted by Gasteiger charge is 2.46. The standard InChI is InChI=1S/C30H36O12/c1-10(2)25(34)16(13(7)31)19-20(17(14(8)32)26(35)11(3)4)23(29(39)40)24(30(41)42)21(22(19)28(37)38)18(15(9)33)27(36)12(5)6/h13-18,31-33H,1,3,5H2,2,4,6-9H3,(H,37,38)(H,39,40)(H,41,42). The van der Waals surface area contributed by atoms with E-state index in [9.17, 15) is 59.4 Å². The molecule has 12 nitrogen and oxygen atoms in total. The molecule has 0 fully saturated rings. The van der Waals surface area contributed by atoms with E-state index in [1.165, 1.54) is 20.8 Å². The van der Waals surface area contributed by atoms with Gasteiger partial charge in [-0.2, -0.15) is 0 Å². The fourth-order valence-corrected chi connectivity index (χ4v) is 5.01. The summed E-state index contributed by atoms with van der Waals surface area (Å²) in [7, 11) is 0. The van der Waals surface area contributed by atoms with E-state index in [1.807, 2.05) is 0 Å². The molecule has 12 heteroatoms. The Bertz CT molecular complexity index is 1390. The maximum atomic E-state index is 13.5. The summed E-state index contributed by atoms with van der Waals surface area (Å²) in [6.45, 7) is 17.3. The monoisotopic (exact) mass is 588 g/mol. The Labute approximate surface area is 242 Å². The highest BCUT2D eigenvalue weighted by Crippen LogP contribution is 2.45.